The quantitative estimate of drug-likeness (QED) is 0.760. The van der Waals surface area contributed by atoms with Crippen LogP contribution in [0.5, 0.6) is 5.75 Å². The van der Waals surface area contributed by atoms with Crippen molar-refractivity contribution >= 4 is 23.2 Å². The first-order chi connectivity index (χ1) is 12.0. The average molecular weight is 360 g/mol. The highest BCUT2D eigenvalue weighted by atomic mass is 32.1. The van der Waals surface area contributed by atoms with Gasteiger partial charge in [0.2, 0.25) is 5.91 Å². The van der Waals surface area contributed by atoms with Gasteiger partial charge >= 0.3 is 0 Å². The molecule has 5 nitrogen and oxygen atoms in total. The van der Waals surface area contributed by atoms with Gasteiger partial charge in [-0.05, 0) is 55.8 Å². The molecule has 2 amide bonds. The highest BCUT2D eigenvalue weighted by Gasteiger charge is 2.18. The number of thiophene rings is 1. The third-order valence-electron chi connectivity index (χ3n) is 3.90. The molecule has 2 rings (SSSR count). The fourth-order valence-electron chi connectivity index (χ4n) is 2.36. The van der Waals surface area contributed by atoms with Crippen LogP contribution in [0.4, 0.5) is 0 Å². The van der Waals surface area contributed by atoms with Gasteiger partial charge in [-0.3, -0.25) is 9.59 Å². The fraction of sp³-hybridized carbons (Fsp3) is 0.368. The van der Waals surface area contributed by atoms with E-state index in [2.05, 4.69) is 10.6 Å². The molecule has 0 bridgehead atoms. The predicted octanol–water partition coefficient (Wildman–Crippen LogP) is 3.01. The van der Waals surface area contributed by atoms with E-state index in [9.17, 15) is 9.59 Å². The third-order valence-corrected chi connectivity index (χ3v) is 4.77. The first-order valence-electron chi connectivity index (χ1n) is 8.27. The van der Waals surface area contributed by atoms with Gasteiger partial charge in [-0.2, -0.15) is 0 Å². The molecule has 1 aromatic heterocycles. The number of aryl methyl sites for hydroxylation is 1. The Morgan fingerprint density at radius 3 is 2.44 bits per heavy atom. The number of hydrogen-bond acceptors (Lipinski definition) is 4. The average Bonchev–Trinajstić information content (AvgIpc) is 3.15. The highest BCUT2D eigenvalue weighted by molar-refractivity contribution is 7.12. The zero-order valence-electron chi connectivity index (χ0n) is 14.7. The minimum atomic E-state index is -0.571. The Kier molecular flexibility index (Phi) is 7.01. The zero-order valence-corrected chi connectivity index (χ0v) is 15.6. The lowest BCUT2D eigenvalue weighted by Gasteiger charge is -2.18. The lowest BCUT2D eigenvalue weighted by Crippen LogP contribution is -2.47. The van der Waals surface area contributed by atoms with Crippen LogP contribution in [0.2, 0.25) is 0 Å². The molecular formula is C19H24N2O3S. The Bertz CT molecular complexity index is 683. The van der Waals surface area contributed by atoms with Crippen LogP contribution >= 0.6 is 11.3 Å². The van der Waals surface area contributed by atoms with Crippen LogP contribution in [-0.2, 0) is 11.2 Å². The largest absolute Gasteiger partial charge is 0.497 e. The molecule has 134 valence electrons. The lowest BCUT2D eigenvalue weighted by molar-refractivity contribution is -0.123. The molecule has 6 heteroatoms. The molecule has 0 fully saturated rings. The molecule has 0 saturated heterocycles. The smallest absolute Gasteiger partial charge is 0.261 e. The summed E-state index contributed by atoms with van der Waals surface area (Å²) >= 11 is 1.35. The van der Waals surface area contributed by atoms with Crippen molar-refractivity contribution in [3.63, 3.8) is 0 Å². The normalized spacial score (nSPS) is 12.9. The Hall–Kier alpha value is -2.34. The monoisotopic (exact) mass is 360 g/mol. The maximum Gasteiger partial charge on any atom is 0.261 e. The first-order valence-corrected chi connectivity index (χ1v) is 9.15. The minimum Gasteiger partial charge on any atom is -0.497 e. The SMILES string of the molecule is COc1ccc(CC[C@H](C)NC(=O)[C@@H](C)NC(=O)c2cccs2)cc1. The highest BCUT2D eigenvalue weighted by Crippen LogP contribution is 2.13. The van der Waals surface area contributed by atoms with Crippen LogP contribution in [0.15, 0.2) is 41.8 Å². The van der Waals surface area contributed by atoms with Crippen molar-refractivity contribution in [3.8, 4) is 5.75 Å². The number of rotatable bonds is 8. The van der Waals surface area contributed by atoms with Crippen LogP contribution in [0, 0.1) is 0 Å². The number of amides is 2. The molecule has 2 atom stereocenters. The van der Waals surface area contributed by atoms with E-state index in [1.54, 1.807) is 20.1 Å². The van der Waals surface area contributed by atoms with Crippen molar-refractivity contribution in [2.45, 2.75) is 38.8 Å². The summed E-state index contributed by atoms with van der Waals surface area (Å²) in [5.41, 5.74) is 1.20. The van der Waals surface area contributed by atoms with Crippen LogP contribution in [0.1, 0.15) is 35.5 Å². The van der Waals surface area contributed by atoms with E-state index in [0.29, 0.717) is 4.88 Å². The van der Waals surface area contributed by atoms with Gasteiger partial charge in [-0.25, -0.2) is 0 Å². The molecule has 0 aliphatic rings. The summed E-state index contributed by atoms with van der Waals surface area (Å²) in [7, 11) is 1.64. The minimum absolute atomic E-state index is 0.0238. The van der Waals surface area contributed by atoms with Crippen molar-refractivity contribution in [1.29, 1.82) is 0 Å². The Morgan fingerprint density at radius 2 is 1.84 bits per heavy atom. The number of hydrogen-bond donors (Lipinski definition) is 2. The van der Waals surface area contributed by atoms with E-state index in [0.717, 1.165) is 18.6 Å². The van der Waals surface area contributed by atoms with Gasteiger partial charge in [0.25, 0.3) is 5.91 Å². The number of benzene rings is 1. The summed E-state index contributed by atoms with van der Waals surface area (Å²) in [6, 6.07) is 10.9. The summed E-state index contributed by atoms with van der Waals surface area (Å²) in [6.45, 7) is 3.66. The van der Waals surface area contributed by atoms with Crippen molar-refractivity contribution in [3.05, 3.63) is 52.2 Å². The van der Waals surface area contributed by atoms with Crippen molar-refractivity contribution in [1.82, 2.24) is 10.6 Å². The van der Waals surface area contributed by atoms with Gasteiger partial charge in [-0.1, -0.05) is 18.2 Å². The van der Waals surface area contributed by atoms with Crippen LogP contribution in [0.3, 0.4) is 0 Å². The Morgan fingerprint density at radius 1 is 1.12 bits per heavy atom. The van der Waals surface area contributed by atoms with Gasteiger partial charge in [0.1, 0.15) is 11.8 Å². The second-order valence-corrected chi connectivity index (χ2v) is 6.92. The maximum atomic E-state index is 12.2. The van der Waals surface area contributed by atoms with E-state index in [4.69, 9.17) is 4.74 Å². The Labute approximate surface area is 152 Å². The molecule has 1 aromatic carbocycles. The topological polar surface area (TPSA) is 67.4 Å². The van der Waals surface area contributed by atoms with E-state index >= 15 is 0 Å². The van der Waals surface area contributed by atoms with Crippen LogP contribution in [0.25, 0.3) is 0 Å². The van der Waals surface area contributed by atoms with Gasteiger partial charge < -0.3 is 15.4 Å². The van der Waals surface area contributed by atoms with Crippen molar-refractivity contribution in [2.75, 3.05) is 7.11 Å². The third kappa shape index (κ3) is 5.90. The molecule has 1 heterocycles. The summed E-state index contributed by atoms with van der Waals surface area (Å²) in [5, 5.41) is 7.50. The summed E-state index contributed by atoms with van der Waals surface area (Å²) < 4.78 is 5.14. The first kappa shape index (κ1) is 19.0. The number of nitrogens with one attached hydrogen (secondary N) is 2. The molecule has 2 N–H and O–H groups in total. The van der Waals surface area contributed by atoms with Gasteiger partial charge in [-0.15, -0.1) is 11.3 Å². The number of carbonyl (C=O) groups excluding carboxylic acids is 2. The van der Waals surface area contributed by atoms with Crippen molar-refractivity contribution < 1.29 is 14.3 Å². The van der Waals surface area contributed by atoms with Crippen LogP contribution in [-0.4, -0.2) is 31.0 Å². The van der Waals surface area contributed by atoms with E-state index in [1.165, 1.54) is 16.9 Å². The molecular weight excluding hydrogens is 336 g/mol. The standard InChI is InChI=1S/C19H24N2O3S/c1-13(6-7-15-8-10-16(24-3)11-9-15)20-18(22)14(2)21-19(23)17-5-4-12-25-17/h4-5,8-14H,6-7H2,1-3H3,(H,20,22)(H,21,23)/t13-,14+/m0/s1. The van der Waals surface area contributed by atoms with E-state index < -0.39 is 6.04 Å². The molecule has 0 radical (unpaired) electrons. The zero-order chi connectivity index (χ0) is 18.2. The van der Waals surface area contributed by atoms with E-state index in [1.807, 2.05) is 42.6 Å². The number of ether oxygens (including phenoxy) is 1. The van der Waals surface area contributed by atoms with Crippen molar-refractivity contribution in [2.24, 2.45) is 0 Å². The molecule has 0 aliphatic heterocycles. The molecule has 0 unspecified atom stereocenters. The van der Waals surface area contributed by atoms with E-state index in [-0.39, 0.29) is 17.9 Å². The summed E-state index contributed by atoms with van der Waals surface area (Å²) in [5.74, 6) is 0.441. The van der Waals surface area contributed by atoms with Crippen LogP contribution < -0.4 is 15.4 Å². The van der Waals surface area contributed by atoms with Gasteiger partial charge in [0.05, 0.1) is 12.0 Å². The van der Waals surface area contributed by atoms with Gasteiger partial charge in [0, 0.05) is 6.04 Å². The Balaban J connectivity index is 1.75. The maximum absolute atomic E-state index is 12.2. The molecule has 25 heavy (non-hydrogen) atoms. The lowest BCUT2D eigenvalue weighted by atomic mass is 10.1. The second-order valence-electron chi connectivity index (χ2n) is 5.97. The molecule has 0 aliphatic carbocycles. The summed E-state index contributed by atoms with van der Waals surface area (Å²) in [6.07, 6.45) is 1.69. The number of carbonyl (C=O) groups is 2. The van der Waals surface area contributed by atoms with Gasteiger partial charge in [0.15, 0.2) is 0 Å². The predicted molar refractivity (Wildman–Crippen MR) is 100 cm³/mol. The fourth-order valence-corrected chi connectivity index (χ4v) is 2.98. The molecule has 0 spiro atoms. The molecule has 0 saturated carbocycles. The summed E-state index contributed by atoms with van der Waals surface area (Å²) in [4.78, 5) is 24.8. The number of methoxy groups -OCH3 is 1. The molecule has 2 aromatic rings. The second kappa shape index (κ2) is 9.22.